The second-order valence-corrected chi connectivity index (χ2v) is 2.66. The van der Waals surface area contributed by atoms with E-state index in [1.165, 1.54) is 0 Å². The summed E-state index contributed by atoms with van der Waals surface area (Å²) in [5.41, 5.74) is 0. The predicted molar refractivity (Wildman–Crippen MR) is 46.2 cm³/mol. The molecule has 0 aliphatic heterocycles. The number of ketones is 2. The van der Waals surface area contributed by atoms with Gasteiger partial charge in [0.1, 0.15) is 11.6 Å². The van der Waals surface area contributed by atoms with E-state index in [9.17, 15) is 14.4 Å². The summed E-state index contributed by atoms with van der Waals surface area (Å²) in [7, 11) is 0. The average molecular weight is 186 g/mol. The molecule has 0 aromatic rings. The van der Waals surface area contributed by atoms with E-state index in [1.54, 1.807) is 6.92 Å². The summed E-state index contributed by atoms with van der Waals surface area (Å²) in [4.78, 5) is 30.1. The van der Waals surface area contributed by atoms with E-state index in [0.29, 0.717) is 25.9 Å². The number of rotatable bonds is 2. The van der Waals surface area contributed by atoms with Gasteiger partial charge in [0.15, 0.2) is 0 Å². The van der Waals surface area contributed by atoms with Gasteiger partial charge in [-0.2, -0.15) is 0 Å². The van der Waals surface area contributed by atoms with E-state index in [2.05, 4.69) is 4.74 Å². The third-order valence-electron chi connectivity index (χ3n) is 1.54. The van der Waals surface area contributed by atoms with Crippen LogP contribution in [0.3, 0.4) is 0 Å². The van der Waals surface area contributed by atoms with Crippen LogP contribution in [0.25, 0.3) is 0 Å². The Hall–Kier alpha value is -1.19. The Kier molecular flexibility index (Phi) is 6.78. The molecule has 4 heteroatoms. The Morgan fingerprint density at radius 3 is 2.00 bits per heavy atom. The SMILES string of the molecule is CCOC=O.O=C1CCCC(=O)C1. The van der Waals surface area contributed by atoms with Gasteiger partial charge in [0.05, 0.1) is 13.0 Å². The van der Waals surface area contributed by atoms with Crippen molar-refractivity contribution in [2.75, 3.05) is 6.61 Å². The van der Waals surface area contributed by atoms with Gasteiger partial charge >= 0.3 is 0 Å². The topological polar surface area (TPSA) is 60.4 Å². The molecule has 0 aromatic carbocycles. The van der Waals surface area contributed by atoms with Crippen molar-refractivity contribution in [2.24, 2.45) is 0 Å². The summed E-state index contributed by atoms with van der Waals surface area (Å²) in [5, 5.41) is 0. The first-order chi connectivity index (χ1) is 6.20. The molecule has 0 radical (unpaired) electrons. The molecule has 74 valence electrons. The lowest BCUT2D eigenvalue weighted by Gasteiger charge is -2.04. The fourth-order valence-electron chi connectivity index (χ4n) is 0.947. The van der Waals surface area contributed by atoms with Crippen molar-refractivity contribution in [3.05, 3.63) is 0 Å². The summed E-state index contributed by atoms with van der Waals surface area (Å²) in [5.74, 6) is 0.225. The highest BCUT2D eigenvalue weighted by Gasteiger charge is 2.14. The van der Waals surface area contributed by atoms with Crippen LogP contribution in [0, 0.1) is 0 Å². The van der Waals surface area contributed by atoms with Crippen LogP contribution in [0.4, 0.5) is 0 Å². The highest BCUT2D eigenvalue weighted by atomic mass is 16.5. The molecule has 1 saturated carbocycles. The zero-order chi connectivity index (χ0) is 10.1. The molecular formula is C9H14O4. The fourth-order valence-corrected chi connectivity index (χ4v) is 0.947. The summed E-state index contributed by atoms with van der Waals surface area (Å²) in [6.07, 6.45) is 2.20. The van der Waals surface area contributed by atoms with Crippen LogP contribution in [-0.2, 0) is 19.1 Å². The molecule has 13 heavy (non-hydrogen) atoms. The zero-order valence-electron chi connectivity index (χ0n) is 7.75. The molecule has 0 saturated heterocycles. The summed E-state index contributed by atoms with van der Waals surface area (Å²) < 4.78 is 4.15. The first-order valence-corrected chi connectivity index (χ1v) is 4.29. The van der Waals surface area contributed by atoms with Gasteiger partial charge in [-0.15, -0.1) is 0 Å². The van der Waals surface area contributed by atoms with Crippen LogP contribution in [0.5, 0.6) is 0 Å². The first kappa shape index (κ1) is 11.8. The van der Waals surface area contributed by atoms with Crippen LogP contribution in [0.1, 0.15) is 32.6 Å². The predicted octanol–water partition coefficient (Wildman–Crippen LogP) is 0.878. The third kappa shape index (κ3) is 7.18. The van der Waals surface area contributed by atoms with Gasteiger partial charge in [0, 0.05) is 12.8 Å². The Labute approximate surface area is 77.3 Å². The number of hydrogen-bond donors (Lipinski definition) is 0. The lowest BCUT2D eigenvalue weighted by Crippen LogP contribution is -2.13. The standard InChI is InChI=1S/C6H8O2.C3H6O2/c7-5-2-1-3-6(8)4-5;1-2-5-3-4/h1-4H2;3H,2H2,1H3. The molecule has 0 spiro atoms. The second kappa shape index (κ2) is 7.46. The zero-order valence-corrected chi connectivity index (χ0v) is 7.75. The molecule has 0 bridgehead atoms. The summed E-state index contributed by atoms with van der Waals surface area (Å²) in [6.45, 7) is 2.66. The summed E-state index contributed by atoms with van der Waals surface area (Å²) >= 11 is 0. The fraction of sp³-hybridized carbons (Fsp3) is 0.667. The molecule has 1 aliphatic carbocycles. The lowest BCUT2D eigenvalue weighted by atomic mass is 9.98. The average Bonchev–Trinajstić information content (AvgIpc) is 2.06. The van der Waals surface area contributed by atoms with Crippen molar-refractivity contribution in [1.82, 2.24) is 0 Å². The summed E-state index contributed by atoms with van der Waals surface area (Å²) in [6, 6.07) is 0. The molecule has 0 aromatic heterocycles. The van der Waals surface area contributed by atoms with Crippen molar-refractivity contribution in [3.8, 4) is 0 Å². The van der Waals surface area contributed by atoms with Crippen molar-refractivity contribution in [3.63, 3.8) is 0 Å². The van der Waals surface area contributed by atoms with Crippen LogP contribution in [0.15, 0.2) is 0 Å². The van der Waals surface area contributed by atoms with Gasteiger partial charge in [-0.05, 0) is 13.3 Å². The van der Waals surface area contributed by atoms with Crippen LogP contribution >= 0.6 is 0 Å². The Morgan fingerprint density at radius 1 is 1.31 bits per heavy atom. The highest BCUT2D eigenvalue weighted by Crippen LogP contribution is 2.09. The number of Topliss-reactive ketones (excluding diaryl/α,β-unsaturated/α-hetero) is 2. The van der Waals surface area contributed by atoms with Gasteiger partial charge in [-0.25, -0.2) is 0 Å². The van der Waals surface area contributed by atoms with Crippen LogP contribution in [0.2, 0.25) is 0 Å². The number of hydrogen-bond acceptors (Lipinski definition) is 4. The smallest absolute Gasteiger partial charge is 0.293 e. The molecule has 1 rings (SSSR count). The monoisotopic (exact) mass is 186 g/mol. The second-order valence-electron chi connectivity index (χ2n) is 2.66. The molecule has 0 unspecified atom stereocenters. The minimum Gasteiger partial charge on any atom is -0.468 e. The molecule has 1 fully saturated rings. The van der Waals surface area contributed by atoms with E-state index < -0.39 is 0 Å². The maximum atomic E-state index is 10.5. The van der Waals surface area contributed by atoms with Gasteiger partial charge in [-0.3, -0.25) is 14.4 Å². The first-order valence-electron chi connectivity index (χ1n) is 4.29. The van der Waals surface area contributed by atoms with E-state index in [4.69, 9.17) is 0 Å². The quantitative estimate of drug-likeness (QED) is 0.474. The molecule has 0 heterocycles. The molecule has 4 nitrogen and oxygen atoms in total. The van der Waals surface area contributed by atoms with E-state index in [1.807, 2.05) is 0 Å². The number of carbonyl (C=O) groups excluding carboxylic acids is 3. The Bertz CT molecular complexity index is 172. The van der Waals surface area contributed by atoms with Gasteiger partial charge in [-0.1, -0.05) is 0 Å². The van der Waals surface area contributed by atoms with Crippen molar-refractivity contribution in [1.29, 1.82) is 0 Å². The molecule has 0 atom stereocenters. The minimum absolute atomic E-state index is 0.112. The van der Waals surface area contributed by atoms with E-state index in [-0.39, 0.29) is 18.0 Å². The minimum atomic E-state index is 0.112. The third-order valence-corrected chi connectivity index (χ3v) is 1.54. The maximum absolute atomic E-state index is 10.5. The molecular weight excluding hydrogens is 172 g/mol. The van der Waals surface area contributed by atoms with E-state index >= 15 is 0 Å². The lowest BCUT2D eigenvalue weighted by molar-refractivity contribution is -0.130. The molecule has 1 aliphatic rings. The molecule has 0 N–H and O–H groups in total. The highest BCUT2D eigenvalue weighted by molar-refractivity contribution is 6.01. The number of carbonyl (C=O) groups is 3. The van der Waals surface area contributed by atoms with Crippen LogP contribution < -0.4 is 0 Å². The molecule has 0 amide bonds. The van der Waals surface area contributed by atoms with Gasteiger partial charge < -0.3 is 4.74 Å². The van der Waals surface area contributed by atoms with Crippen LogP contribution in [-0.4, -0.2) is 24.6 Å². The maximum Gasteiger partial charge on any atom is 0.293 e. The van der Waals surface area contributed by atoms with Crippen molar-refractivity contribution < 1.29 is 19.1 Å². The van der Waals surface area contributed by atoms with Crippen molar-refractivity contribution >= 4 is 18.0 Å². The van der Waals surface area contributed by atoms with Crippen molar-refractivity contribution in [2.45, 2.75) is 32.6 Å². The number of ether oxygens (including phenoxy) is 1. The normalized spacial score (nSPS) is 15.8. The van der Waals surface area contributed by atoms with Gasteiger partial charge in [0.25, 0.3) is 6.47 Å². The Balaban J connectivity index is 0.000000252. The van der Waals surface area contributed by atoms with E-state index in [0.717, 1.165) is 6.42 Å². The largest absolute Gasteiger partial charge is 0.468 e. The van der Waals surface area contributed by atoms with Gasteiger partial charge in [0.2, 0.25) is 0 Å². The Morgan fingerprint density at radius 2 is 1.85 bits per heavy atom.